The second-order valence-corrected chi connectivity index (χ2v) is 4.60. The van der Waals surface area contributed by atoms with Crippen LogP contribution in [0.2, 0.25) is 0 Å². The van der Waals surface area contributed by atoms with Crippen LogP contribution in [0.25, 0.3) is 0 Å². The van der Waals surface area contributed by atoms with Gasteiger partial charge in [-0.15, -0.1) is 0 Å². The number of nitrogens with zero attached hydrogens (tertiary/aromatic N) is 1. The lowest BCUT2D eigenvalue weighted by Crippen LogP contribution is -2.18. The number of amides is 1. The van der Waals surface area contributed by atoms with Crippen molar-refractivity contribution < 1.29 is 14.3 Å². The maximum atomic E-state index is 11.2. The van der Waals surface area contributed by atoms with Crippen molar-refractivity contribution in [3.63, 3.8) is 0 Å². The average molecular weight is 241 g/mol. The molecule has 0 N–H and O–H groups in total. The van der Waals surface area contributed by atoms with Crippen LogP contribution in [-0.4, -0.2) is 37.5 Å². The monoisotopic (exact) mass is 241 g/mol. The zero-order chi connectivity index (χ0) is 13.3. The van der Waals surface area contributed by atoms with Gasteiger partial charge in [0.15, 0.2) is 0 Å². The van der Waals surface area contributed by atoms with E-state index in [0.717, 1.165) is 6.42 Å². The van der Waals surface area contributed by atoms with E-state index in [4.69, 9.17) is 4.74 Å². The van der Waals surface area contributed by atoms with Crippen LogP contribution < -0.4 is 0 Å². The molecule has 0 radical (unpaired) electrons. The van der Waals surface area contributed by atoms with Crippen molar-refractivity contribution in [2.45, 2.75) is 33.1 Å². The summed E-state index contributed by atoms with van der Waals surface area (Å²) in [5.41, 5.74) is 0. The molecule has 4 heteroatoms. The van der Waals surface area contributed by atoms with Crippen molar-refractivity contribution >= 4 is 11.9 Å². The highest BCUT2D eigenvalue weighted by Crippen LogP contribution is 2.01. The molecule has 0 rings (SSSR count). The molecule has 0 aromatic rings. The Morgan fingerprint density at radius 1 is 1.29 bits per heavy atom. The lowest BCUT2D eigenvalue weighted by molar-refractivity contribution is -0.144. The molecule has 0 bridgehead atoms. The molecule has 0 saturated carbocycles. The summed E-state index contributed by atoms with van der Waals surface area (Å²) in [4.78, 5) is 23.9. The van der Waals surface area contributed by atoms with Gasteiger partial charge in [-0.2, -0.15) is 0 Å². The van der Waals surface area contributed by atoms with Gasteiger partial charge in [0, 0.05) is 20.5 Å². The van der Waals surface area contributed by atoms with Crippen LogP contribution >= 0.6 is 0 Å². The summed E-state index contributed by atoms with van der Waals surface area (Å²) in [5.74, 6) is 0.176. The van der Waals surface area contributed by atoms with Crippen LogP contribution in [0.15, 0.2) is 12.2 Å². The van der Waals surface area contributed by atoms with E-state index >= 15 is 0 Å². The van der Waals surface area contributed by atoms with Crippen molar-refractivity contribution in [1.82, 2.24) is 4.90 Å². The first-order valence-corrected chi connectivity index (χ1v) is 5.97. The van der Waals surface area contributed by atoms with E-state index in [0.29, 0.717) is 25.4 Å². The summed E-state index contributed by atoms with van der Waals surface area (Å²) in [5, 5.41) is 0. The normalized spacial score (nSPS) is 10.9. The standard InChI is InChI=1S/C13H23NO3/c1-11(2)10-17-13(16)9-7-5-6-8-12(15)14(3)4/h6,8,11H,5,7,9-10H2,1-4H3/b8-6+. The van der Waals surface area contributed by atoms with Crippen molar-refractivity contribution in [2.75, 3.05) is 20.7 Å². The second kappa shape index (κ2) is 8.79. The lowest BCUT2D eigenvalue weighted by Gasteiger charge is -2.06. The third kappa shape index (κ3) is 9.60. The van der Waals surface area contributed by atoms with Gasteiger partial charge in [0.2, 0.25) is 5.91 Å². The van der Waals surface area contributed by atoms with Crippen LogP contribution in [0.1, 0.15) is 33.1 Å². The number of allylic oxidation sites excluding steroid dienone is 1. The van der Waals surface area contributed by atoms with Crippen molar-refractivity contribution in [2.24, 2.45) is 5.92 Å². The maximum absolute atomic E-state index is 11.2. The first-order chi connectivity index (χ1) is 7.93. The molecule has 0 aromatic carbocycles. The summed E-state index contributed by atoms with van der Waals surface area (Å²) < 4.78 is 5.03. The molecule has 0 aliphatic carbocycles. The van der Waals surface area contributed by atoms with Gasteiger partial charge in [0.05, 0.1) is 6.61 Å². The Kier molecular flexibility index (Phi) is 8.11. The van der Waals surface area contributed by atoms with Gasteiger partial charge >= 0.3 is 5.97 Å². The number of likely N-dealkylation sites (N-methyl/N-ethyl adjacent to an activating group) is 1. The van der Waals surface area contributed by atoms with Crippen molar-refractivity contribution in [3.8, 4) is 0 Å². The number of rotatable bonds is 7. The van der Waals surface area contributed by atoms with Crippen LogP contribution in [0, 0.1) is 5.92 Å². The Balaban J connectivity index is 3.57. The van der Waals surface area contributed by atoms with Gasteiger partial charge < -0.3 is 9.64 Å². The van der Waals surface area contributed by atoms with E-state index in [9.17, 15) is 9.59 Å². The SMILES string of the molecule is CC(C)COC(=O)CCC/C=C/C(=O)N(C)C. The first kappa shape index (κ1) is 15.7. The van der Waals surface area contributed by atoms with E-state index in [1.54, 1.807) is 20.2 Å². The number of carbonyl (C=O) groups excluding carboxylic acids is 2. The maximum Gasteiger partial charge on any atom is 0.305 e. The predicted molar refractivity (Wildman–Crippen MR) is 67.5 cm³/mol. The molecule has 0 atom stereocenters. The third-order valence-corrected chi connectivity index (χ3v) is 2.03. The van der Waals surface area contributed by atoms with E-state index in [1.165, 1.54) is 11.0 Å². The molecule has 0 spiro atoms. The highest BCUT2D eigenvalue weighted by Gasteiger charge is 2.03. The summed E-state index contributed by atoms with van der Waals surface area (Å²) in [6.45, 7) is 4.49. The topological polar surface area (TPSA) is 46.6 Å². The Hall–Kier alpha value is -1.32. The number of hydrogen-bond donors (Lipinski definition) is 0. The fraction of sp³-hybridized carbons (Fsp3) is 0.692. The average Bonchev–Trinajstić information content (AvgIpc) is 2.25. The minimum Gasteiger partial charge on any atom is -0.465 e. The van der Waals surface area contributed by atoms with Crippen LogP contribution in [0.5, 0.6) is 0 Å². The molecule has 17 heavy (non-hydrogen) atoms. The number of carbonyl (C=O) groups is 2. The summed E-state index contributed by atoms with van der Waals surface area (Å²) in [7, 11) is 3.41. The molecular formula is C13H23NO3. The van der Waals surface area contributed by atoms with E-state index in [2.05, 4.69) is 0 Å². The highest BCUT2D eigenvalue weighted by atomic mass is 16.5. The quantitative estimate of drug-likeness (QED) is 0.389. The molecule has 0 aliphatic rings. The Labute approximate surface area is 104 Å². The molecular weight excluding hydrogens is 218 g/mol. The number of ether oxygens (including phenoxy) is 1. The van der Waals surface area contributed by atoms with Crippen molar-refractivity contribution in [1.29, 1.82) is 0 Å². The molecule has 0 aromatic heterocycles. The van der Waals surface area contributed by atoms with Gasteiger partial charge in [0.25, 0.3) is 0 Å². The summed E-state index contributed by atoms with van der Waals surface area (Å²) >= 11 is 0. The molecule has 0 fully saturated rings. The van der Waals surface area contributed by atoms with Gasteiger partial charge in [-0.05, 0) is 24.8 Å². The predicted octanol–water partition coefficient (Wildman–Crippen LogP) is 2.00. The molecule has 0 heterocycles. The largest absolute Gasteiger partial charge is 0.465 e. The third-order valence-electron chi connectivity index (χ3n) is 2.03. The van der Waals surface area contributed by atoms with Crippen LogP contribution in [0.3, 0.4) is 0 Å². The molecule has 0 unspecified atom stereocenters. The molecule has 0 saturated heterocycles. The molecule has 0 aliphatic heterocycles. The minimum atomic E-state index is -0.161. The number of unbranched alkanes of at least 4 members (excludes halogenated alkanes) is 1. The zero-order valence-corrected chi connectivity index (χ0v) is 11.2. The van der Waals surface area contributed by atoms with E-state index < -0.39 is 0 Å². The van der Waals surface area contributed by atoms with Gasteiger partial charge in [-0.3, -0.25) is 9.59 Å². The molecule has 1 amide bonds. The fourth-order valence-corrected chi connectivity index (χ4v) is 1.03. The Morgan fingerprint density at radius 3 is 2.47 bits per heavy atom. The smallest absolute Gasteiger partial charge is 0.305 e. The second-order valence-electron chi connectivity index (χ2n) is 4.60. The first-order valence-electron chi connectivity index (χ1n) is 5.97. The van der Waals surface area contributed by atoms with Crippen LogP contribution in [0.4, 0.5) is 0 Å². The van der Waals surface area contributed by atoms with Gasteiger partial charge in [-0.1, -0.05) is 19.9 Å². The summed E-state index contributed by atoms with van der Waals surface area (Å²) in [6, 6.07) is 0. The molecule has 4 nitrogen and oxygen atoms in total. The lowest BCUT2D eigenvalue weighted by atomic mass is 10.2. The zero-order valence-electron chi connectivity index (χ0n) is 11.2. The van der Waals surface area contributed by atoms with Crippen LogP contribution in [-0.2, 0) is 14.3 Å². The number of esters is 1. The summed E-state index contributed by atoms with van der Waals surface area (Å²) in [6.07, 6.45) is 5.16. The van der Waals surface area contributed by atoms with Gasteiger partial charge in [-0.25, -0.2) is 0 Å². The van der Waals surface area contributed by atoms with E-state index in [1.807, 2.05) is 13.8 Å². The number of hydrogen-bond acceptors (Lipinski definition) is 3. The van der Waals surface area contributed by atoms with E-state index in [-0.39, 0.29) is 11.9 Å². The minimum absolute atomic E-state index is 0.0348. The van der Waals surface area contributed by atoms with Gasteiger partial charge in [0.1, 0.15) is 0 Å². The fourth-order valence-electron chi connectivity index (χ4n) is 1.03. The Bertz CT molecular complexity index is 270. The Morgan fingerprint density at radius 2 is 1.94 bits per heavy atom. The van der Waals surface area contributed by atoms with Crippen molar-refractivity contribution in [3.05, 3.63) is 12.2 Å². The molecule has 98 valence electrons. The highest BCUT2D eigenvalue weighted by molar-refractivity contribution is 5.87.